The fourth-order valence-corrected chi connectivity index (χ4v) is 5.58. The van der Waals surface area contributed by atoms with E-state index in [0.717, 1.165) is 6.07 Å². The molecule has 2 aromatic carbocycles. The molecule has 1 aliphatic carbocycles. The van der Waals surface area contributed by atoms with Crippen LogP contribution >= 0.6 is 58.0 Å². The van der Waals surface area contributed by atoms with Crippen LogP contribution in [0.5, 0.6) is 0 Å². The maximum atomic E-state index is 13.1. The van der Waals surface area contributed by atoms with Crippen LogP contribution in [0.3, 0.4) is 0 Å². The summed E-state index contributed by atoms with van der Waals surface area (Å²) in [6.45, 7) is 0. The quantitative estimate of drug-likeness (QED) is 0.222. The number of hydrogen-bond acceptors (Lipinski definition) is 4. The number of rotatable bonds is 6. The van der Waals surface area contributed by atoms with E-state index in [4.69, 9.17) is 63.7 Å². The van der Waals surface area contributed by atoms with Crippen molar-refractivity contribution in [2.24, 2.45) is 5.92 Å². The molecule has 0 aliphatic heterocycles. The number of carbonyl (C=O) groups excluding carboxylic acids is 2. The van der Waals surface area contributed by atoms with Crippen molar-refractivity contribution in [3.05, 3.63) is 86.0 Å². The normalized spacial score (nSPS) is 18.4. The van der Waals surface area contributed by atoms with Crippen LogP contribution < -0.4 is 11.1 Å². The van der Waals surface area contributed by atoms with Crippen molar-refractivity contribution in [3.63, 3.8) is 0 Å². The minimum absolute atomic E-state index is 0.0323. The predicted octanol–water partition coefficient (Wildman–Crippen LogP) is 7.59. The molecular formula is C24H15Cl5F3N3O2. The Morgan fingerprint density at radius 3 is 2.27 bits per heavy atom. The largest absolute Gasteiger partial charge is 0.416 e. The highest BCUT2D eigenvalue weighted by Crippen LogP contribution is 2.65. The third-order valence-corrected chi connectivity index (χ3v) is 7.39. The van der Waals surface area contributed by atoms with Crippen molar-refractivity contribution in [1.82, 2.24) is 4.98 Å². The van der Waals surface area contributed by atoms with Crippen molar-refractivity contribution in [2.45, 2.75) is 22.8 Å². The van der Waals surface area contributed by atoms with Gasteiger partial charge in [-0.3, -0.25) is 9.59 Å². The van der Waals surface area contributed by atoms with Crippen molar-refractivity contribution < 1.29 is 22.8 Å². The number of amides is 1. The Bertz CT molecular complexity index is 1390. The van der Waals surface area contributed by atoms with E-state index < -0.39 is 46.0 Å². The van der Waals surface area contributed by atoms with E-state index in [1.54, 1.807) is 12.1 Å². The molecule has 2 atom stereocenters. The van der Waals surface area contributed by atoms with E-state index in [2.05, 4.69) is 10.3 Å². The molecule has 3 N–H and O–H groups in total. The Labute approximate surface area is 234 Å². The summed E-state index contributed by atoms with van der Waals surface area (Å²) in [4.78, 5) is 29.7. The SMILES string of the molecule is Nc1cc(C(F)(F)F)cc(CC(=O)c2cc(NC(=O)C3C(c4cc(Cl)cc(Cl)c4)C3(Cl)Cl)ccc2Cl)n1. The minimum Gasteiger partial charge on any atom is -0.384 e. The Balaban J connectivity index is 1.52. The molecule has 0 spiro atoms. The molecule has 1 aromatic heterocycles. The van der Waals surface area contributed by atoms with Crippen LogP contribution in [-0.4, -0.2) is 21.0 Å². The molecule has 1 heterocycles. The summed E-state index contributed by atoms with van der Waals surface area (Å²) in [5.41, 5.74) is 5.02. The molecule has 4 rings (SSSR count). The summed E-state index contributed by atoms with van der Waals surface area (Å²) in [5, 5.41) is 3.39. The highest BCUT2D eigenvalue weighted by Gasteiger charge is 2.67. The maximum Gasteiger partial charge on any atom is 0.416 e. The van der Waals surface area contributed by atoms with Gasteiger partial charge in [-0.2, -0.15) is 13.2 Å². The number of Topliss-reactive ketones (excluding diaryl/α,β-unsaturated/α-hetero) is 1. The second-order valence-corrected chi connectivity index (χ2v) is 11.1. The highest BCUT2D eigenvalue weighted by atomic mass is 35.5. The van der Waals surface area contributed by atoms with Crippen molar-refractivity contribution in [1.29, 1.82) is 0 Å². The van der Waals surface area contributed by atoms with Crippen molar-refractivity contribution in [2.75, 3.05) is 11.1 Å². The van der Waals surface area contributed by atoms with Gasteiger partial charge in [0.05, 0.1) is 28.6 Å². The molecule has 0 bridgehead atoms. The first-order chi connectivity index (χ1) is 17.2. The number of benzene rings is 2. The van der Waals surface area contributed by atoms with Gasteiger partial charge in [-0.15, -0.1) is 23.2 Å². The zero-order chi connectivity index (χ0) is 27.3. The number of nitrogens with one attached hydrogen (secondary N) is 1. The highest BCUT2D eigenvalue weighted by molar-refractivity contribution is 6.53. The van der Waals surface area contributed by atoms with Crippen LogP contribution in [0, 0.1) is 5.92 Å². The number of aromatic nitrogens is 1. The van der Waals surface area contributed by atoms with Crippen LogP contribution in [-0.2, 0) is 17.4 Å². The van der Waals surface area contributed by atoms with Crippen LogP contribution in [0.25, 0.3) is 0 Å². The second-order valence-electron chi connectivity index (χ2n) is 8.39. The topological polar surface area (TPSA) is 85.1 Å². The number of nitrogen functional groups attached to an aromatic ring is 1. The van der Waals surface area contributed by atoms with Gasteiger partial charge >= 0.3 is 6.18 Å². The monoisotopic (exact) mass is 609 g/mol. The zero-order valence-corrected chi connectivity index (χ0v) is 22.1. The number of pyridine rings is 1. The predicted molar refractivity (Wildman–Crippen MR) is 139 cm³/mol. The lowest BCUT2D eigenvalue weighted by Crippen LogP contribution is -2.17. The first-order valence-corrected chi connectivity index (χ1v) is 12.4. The molecule has 37 heavy (non-hydrogen) atoms. The molecule has 0 radical (unpaired) electrons. The van der Waals surface area contributed by atoms with Gasteiger partial charge in [-0.1, -0.05) is 34.8 Å². The number of nitrogens with zero attached hydrogens (tertiary/aromatic N) is 1. The van der Waals surface area contributed by atoms with E-state index in [1.165, 1.54) is 24.3 Å². The van der Waals surface area contributed by atoms with E-state index in [1.807, 2.05) is 0 Å². The van der Waals surface area contributed by atoms with Gasteiger partial charge in [0, 0.05) is 27.2 Å². The number of halogens is 8. The molecule has 13 heteroatoms. The van der Waals surface area contributed by atoms with Gasteiger partial charge < -0.3 is 11.1 Å². The molecule has 1 aliphatic rings. The smallest absolute Gasteiger partial charge is 0.384 e. The van der Waals surface area contributed by atoms with Gasteiger partial charge in [0.15, 0.2) is 5.78 Å². The standard InChI is InChI=1S/C24H15Cl5F3N3O2/c25-12-3-10(4-13(26)7-12)20-21(23(20,28)29)22(37)35-14-1-2-17(27)16(8-14)18(36)9-15-5-11(24(30,31)32)6-19(33)34-15/h1-8,20-21H,9H2,(H2,33,34)(H,35,37). The van der Waals surface area contributed by atoms with Gasteiger partial charge in [0.25, 0.3) is 0 Å². The molecular weight excluding hydrogens is 597 g/mol. The number of carbonyl (C=O) groups is 2. The van der Waals surface area contributed by atoms with Gasteiger partial charge in [-0.25, -0.2) is 4.98 Å². The fraction of sp³-hybridized carbons (Fsp3) is 0.208. The van der Waals surface area contributed by atoms with Crippen LogP contribution in [0.1, 0.15) is 33.1 Å². The Hall–Kier alpha value is -2.23. The number of nitrogens with two attached hydrogens (primary N) is 1. The summed E-state index contributed by atoms with van der Waals surface area (Å²) in [7, 11) is 0. The average molecular weight is 612 g/mol. The summed E-state index contributed by atoms with van der Waals surface area (Å²) in [6.07, 6.45) is -5.16. The lowest BCUT2D eigenvalue weighted by molar-refractivity contribution is -0.137. The maximum absolute atomic E-state index is 13.1. The minimum atomic E-state index is -4.66. The number of hydrogen-bond donors (Lipinski definition) is 2. The third kappa shape index (κ3) is 6.10. The van der Waals surface area contributed by atoms with Crippen LogP contribution in [0.15, 0.2) is 48.5 Å². The zero-order valence-electron chi connectivity index (χ0n) is 18.3. The molecule has 2 unspecified atom stereocenters. The van der Waals surface area contributed by atoms with Crippen molar-refractivity contribution >= 4 is 81.2 Å². The Morgan fingerprint density at radius 2 is 1.65 bits per heavy atom. The van der Waals surface area contributed by atoms with E-state index in [-0.39, 0.29) is 27.8 Å². The summed E-state index contributed by atoms with van der Waals surface area (Å²) >= 11 is 31.0. The average Bonchev–Trinajstić information content (AvgIpc) is 3.35. The van der Waals surface area contributed by atoms with Crippen molar-refractivity contribution in [3.8, 4) is 0 Å². The first kappa shape index (κ1) is 27.8. The number of ketones is 1. The Kier molecular flexibility index (Phi) is 7.63. The molecule has 3 aromatic rings. The molecule has 1 amide bonds. The number of alkyl halides is 5. The van der Waals surface area contributed by atoms with Gasteiger partial charge in [0.1, 0.15) is 10.2 Å². The van der Waals surface area contributed by atoms with E-state index >= 15 is 0 Å². The van der Waals surface area contributed by atoms with E-state index in [0.29, 0.717) is 21.7 Å². The molecule has 194 valence electrons. The lowest BCUT2D eigenvalue weighted by Gasteiger charge is -2.11. The van der Waals surface area contributed by atoms with Gasteiger partial charge in [0.2, 0.25) is 5.91 Å². The fourth-order valence-electron chi connectivity index (χ4n) is 3.98. The van der Waals surface area contributed by atoms with Crippen LogP contribution in [0.4, 0.5) is 24.7 Å². The summed E-state index contributed by atoms with van der Waals surface area (Å²) in [6, 6.07) is 10.3. The second kappa shape index (κ2) is 10.2. The third-order valence-electron chi connectivity index (χ3n) is 5.68. The molecule has 1 fully saturated rings. The summed E-state index contributed by atoms with van der Waals surface area (Å²) < 4.78 is 37.8. The number of anilines is 2. The molecule has 1 saturated carbocycles. The van der Waals surface area contributed by atoms with Gasteiger partial charge in [-0.05, 0) is 54.1 Å². The first-order valence-electron chi connectivity index (χ1n) is 10.5. The van der Waals surface area contributed by atoms with Crippen LogP contribution in [0.2, 0.25) is 15.1 Å². The molecule has 0 saturated heterocycles. The lowest BCUT2D eigenvalue weighted by atomic mass is 10.0. The summed E-state index contributed by atoms with van der Waals surface area (Å²) in [5.74, 6) is -2.97. The van der Waals surface area contributed by atoms with E-state index in [9.17, 15) is 22.8 Å². The molecule has 5 nitrogen and oxygen atoms in total. The Morgan fingerprint density at radius 1 is 1.00 bits per heavy atom.